The van der Waals surface area contributed by atoms with Gasteiger partial charge in [-0.15, -0.1) is 0 Å². The standard InChI is InChI=1S/C27H29FN6O2/c1-17-6-11-22(26(35)36)29-25(17)32-13-14-33(19(3)16-32)24-15-23(20-7-9-21(28)10-8-20)30-27(31-24)34-12-4-5-18(34)2/h6-11,15,18H,3-5,12-14,16H2,1-2H3,(H,35,36)/t18-/m1/s1. The van der Waals surface area contributed by atoms with Crippen LogP contribution in [0.15, 0.2) is 54.7 Å². The third-order valence-electron chi connectivity index (χ3n) is 6.86. The maximum absolute atomic E-state index is 13.6. The van der Waals surface area contributed by atoms with E-state index in [1.807, 2.05) is 17.9 Å². The van der Waals surface area contributed by atoms with Crippen LogP contribution in [-0.4, -0.2) is 58.2 Å². The average Bonchev–Trinajstić information content (AvgIpc) is 3.30. The molecule has 2 aliphatic rings. The number of pyridine rings is 1. The van der Waals surface area contributed by atoms with Gasteiger partial charge < -0.3 is 19.8 Å². The van der Waals surface area contributed by atoms with Crippen LogP contribution in [0.3, 0.4) is 0 Å². The van der Waals surface area contributed by atoms with Gasteiger partial charge in [0, 0.05) is 43.0 Å². The molecule has 1 N–H and O–H groups in total. The highest BCUT2D eigenvalue weighted by Gasteiger charge is 2.28. The van der Waals surface area contributed by atoms with Crippen LogP contribution in [-0.2, 0) is 0 Å². The second-order valence-electron chi connectivity index (χ2n) is 9.38. The van der Waals surface area contributed by atoms with Crippen LogP contribution in [0.2, 0.25) is 0 Å². The van der Waals surface area contributed by atoms with Gasteiger partial charge in [0.15, 0.2) is 5.69 Å². The van der Waals surface area contributed by atoms with Crippen LogP contribution >= 0.6 is 0 Å². The lowest BCUT2D eigenvalue weighted by atomic mass is 10.1. The second-order valence-corrected chi connectivity index (χ2v) is 9.38. The Morgan fingerprint density at radius 3 is 2.53 bits per heavy atom. The van der Waals surface area contributed by atoms with Crippen molar-refractivity contribution < 1.29 is 14.3 Å². The fourth-order valence-corrected chi connectivity index (χ4v) is 4.87. The van der Waals surface area contributed by atoms with Crippen molar-refractivity contribution in [2.75, 3.05) is 40.9 Å². The predicted molar refractivity (Wildman–Crippen MR) is 138 cm³/mol. The van der Waals surface area contributed by atoms with Crippen LogP contribution in [0, 0.1) is 12.7 Å². The minimum absolute atomic E-state index is 0.0211. The van der Waals surface area contributed by atoms with Gasteiger partial charge in [0.25, 0.3) is 0 Å². The van der Waals surface area contributed by atoms with Crippen molar-refractivity contribution >= 4 is 23.6 Å². The summed E-state index contributed by atoms with van der Waals surface area (Å²) in [4.78, 5) is 31.9. The number of hydrogen-bond donors (Lipinski definition) is 1. The van der Waals surface area contributed by atoms with Crippen LogP contribution in [0.1, 0.15) is 35.8 Å². The molecule has 0 saturated carbocycles. The molecule has 5 rings (SSSR count). The van der Waals surface area contributed by atoms with E-state index < -0.39 is 5.97 Å². The van der Waals surface area contributed by atoms with E-state index in [2.05, 4.69) is 28.3 Å². The third-order valence-corrected chi connectivity index (χ3v) is 6.86. The molecule has 9 heteroatoms. The zero-order valence-electron chi connectivity index (χ0n) is 20.5. The maximum atomic E-state index is 13.6. The normalized spacial score (nSPS) is 18.1. The van der Waals surface area contributed by atoms with E-state index in [0.717, 1.165) is 47.7 Å². The lowest BCUT2D eigenvalue weighted by Crippen LogP contribution is -2.45. The Morgan fingerprint density at radius 2 is 1.86 bits per heavy atom. The Hall–Kier alpha value is -4.01. The lowest BCUT2D eigenvalue weighted by molar-refractivity contribution is 0.0690. The highest BCUT2D eigenvalue weighted by molar-refractivity contribution is 5.86. The molecule has 8 nitrogen and oxygen atoms in total. The molecule has 4 heterocycles. The van der Waals surface area contributed by atoms with Gasteiger partial charge in [0.05, 0.1) is 12.2 Å². The first-order valence-corrected chi connectivity index (χ1v) is 12.1. The smallest absolute Gasteiger partial charge is 0.354 e. The minimum Gasteiger partial charge on any atom is -0.477 e. The number of aromatic carboxylic acids is 1. The van der Waals surface area contributed by atoms with Gasteiger partial charge in [-0.2, -0.15) is 4.98 Å². The molecule has 0 radical (unpaired) electrons. The molecule has 2 aromatic heterocycles. The molecule has 1 atom stereocenters. The molecule has 3 aromatic rings. The number of piperazine rings is 1. The van der Waals surface area contributed by atoms with E-state index in [1.165, 1.54) is 18.2 Å². The molecular weight excluding hydrogens is 459 g/mol. The average molecular weight is 489 g/mol. The summed E-state index contributed by atoms with van der Waals surface area (Å²) in [5.41, 5.74) is 3.31. The molecule has 0 spiro atoms. The molecule has 1 aromatic carbocycles. The van der Waals surface area contributed by atoms with Gasteiger partial charge in [-0.1, -0.05) is 12.6 Å². The minimum atomic E-state index is -1.05. The summed E-state index contributed by atoms with van der Waals surface area (Å²) < 4.78 is 13.6. The van der Waals surface area contributed by atoms with Crippen molar-refractivity contribution in [1.82, 2.24) is 15.0 Å². The van der Waals surface area contributed by atoms with Gasteiger partial charge in [-0.25, -0.2) is 19.2 Å². The number of nitrogens with zero attached hydrogens (tertiary/aromatic N) is 6. The van der Waals surface area contributed by atoms with Crippen molar-refractivity contribution in [2.24, 2.45) is 0 Å². The Bertz CT molecular complexity index is 1310. The summed E-state index contributed by atoms with van der Waals surface area (Å²) in [5.74, 6) is 0.719. The number of hydrogen-bond acceptors (Lipinski definition) is 7. The summed E-state index contributed by atoms with van der Waals surface area (Å²) in [6.07, 6.45) is 2.18. The highest BCUT2D eigenvalue weighted by atomic mass is 19.1. The fraction of sp³-hybridized carbons (Fsp3) is 0.333. The van der Waals surface area contributed by atoms with Gasteiger partial charge in [0.2, 0.25) is 5.95 Å². The number of aryl methyl sites for hydroxylation is 1. The van der Waals surface area contributed by atoms with Crippen LogP contribution in [0.4, 0.5) is 22.0 Å². The first-order valence-electron chi connectivity index (χ1n) is 12.1. The van der Waals surface area contributed by atoms with Gasteiger partial charge in [-0.05, 0) is 62.6 Å². The lowest BCUT2D eigenvalue weighted by Gasteiger charge is -2.38. The molecule has 2 aliphatic heterocycles. The molecule has 186 valence electrons. The summed E-state index contributed by atoms with van der Waals surface area (Å²) in [6.45, 7) is 11.0. The topological polar surface area (TPSA) is 85.7 Å². The highest BCUT2D eigenvalue weighted by Crippen LogP contribution is 2.32. The number of aromatic nitrogens is 3. The second kappa shape index (κ2) is 9.56. The van der Waals surface area contributed by atoms with Gasteiger partial charge in [0.1, 0.15) is 17.5 Å². The largest absolute Gasteiger partial charge is 0.477 e. The van der Waals surface area contributed by atoms with Gasteiger partial charge >= 0.3 is 5.97 Å². The zero-order chi connectivity index (χ0) is 25.4. The van der Waals surface area contributed by atoms with Gasteiger partial charge in [-0.3, -0.25) is 0 Å². The number of carboxylic acid groups (broad SMARTS) is 1. The molecule has 2 fully saturated rings. The Kier molecular flexibility index (Phi) is 6.30. The number of rotatable bonds is 5. The fourth-order valence-electron chi connectivity index (χ4n) is 4.87. The number of anilines is 3. The molecule has 0 unspecified atom stereocenters. The van der Waals surface area contributed by atoms with E-state index in [1.54, 1.807) is 18.2 Å². The maximum Gasteiger partial charge on any atom is 0.354 e. The van der Waals surface area contributed by atoms with E-state index >= 15 is 0 Å². The number of benzene rings is 1. The quantitative estimate of drug-likeness (QED) is 0.561. The molecule has 36 heavy (non-hydrogen) atoms. The van der Waals surface area contributed by atoms with Crippen molar-refractivity contribution in [3.8, 4) is 11.3 Å². The Morgan fingerprint density at radius 1 is 1.08 bits per heavy atom. The van der Waals surface area contributed by atoms with Crippen LogP contribution < -0.4 is 14.7 Å². The molecule has 0 amide bonds. The molecule has 0 aliphatic carbocycles. The summed E-state index contributed by atoms with van der Waals surface area (Å²) in [5, 5.41) is 9.37. The summed E-state index contributed by atoms with van der Waals surface area (Å²) in [6, 6.07) is 11.9. The predicted octanol–water partition coefficient (Wildman–Crippen LogP) is 4.51. The first kappa shape index (κ1) is 23.7. The monoisotopic (exact) mass is 488 g/mol. The number of carboxylic acids is 1. The van der Waals surface area contributed by atoms with Crippen molar-refractivity contribution in [1.29, 1.82) is 0 Å². The van der Waals surface area contributed by atoms with Crippen LogP contribution in [0.5, 0.6) is 0 Å². The van der Waals surface area contributed by atoms with E-state index in [4.69, 9.17) is 9.97 Å². The first-order chi connectivity index (χ1) is 17.3. The summed E-state index contributed by atoms with van der Waals surface area (Å²) in [7, 11) is 0. The zero-order valence-corrected chi connectivity index (χ0v) is 20.5. The molecular formula is C27H29FN6O2. The van der Waals surface area contributed by atoms with Crippen molar-refractivity contribution in [2.45, 2.75) is 32.7 Å². The van der Waals surface area contributed by atoms with Crippen LogP contribution in [0.25, 0.3) is 11.3 Å². The number of halogens is 1. The summed E-state index contributed by atoms with van der Waals surface area (Å²) >= 11 is 0. The molecule has 2 saturated heterocycles. The third kappa shape index (κ3) is 4.60. The van der Waals surface area contributed by atoms with Crippen molar-refractivity contribution in [3.63, 3.8) is 0 Å². The van der Waals surface area contributed by atoms with E-state index in [9.17, 15) is 14.3 Å². The van der Waals surface area contributed by atoms with E-state index in [0.29, 0.717) is 37.4 Å². The Balaban J connectivity index is 1.46. The van der Waals surface area contributed by atoms with Crippen molar-refractivity contribution in [3.05, 3.63) is 71.8 Å². The number of carbonyl (C=O) groups is 1. The molecule has 0 bridgehead atoms. The SMILES string of the molecule is C=C1CN(c2nc(C(=O)O)ccc2C)CCN1c1cc(-c2ccc(F)cc2)nc(N2CCC[C@H]2C)n1. The van der Waals surface area contributed by atoms with E-state index in [-0.39, 0.29) is 11.5 Å². The Labute approximate surface area is 209 Å².